The number of rotatable bonds is 11. The highest BCUT2D eigenvalue weighted by molar-refractivity contribution is 7.92. The van der Waals surface area contributed by atoms with Crippen molar-refractivity contribution in [3.05, 3.63) is 59.4 Å². The van der Waals surface area contributed by atoms with Crippen molar-refractivity contribution in [2.75, 3.05) is 31.1 Å². The van der Waals surface area contributed by atoms with E-state index in [9.17, 15) is 13.2 Å². The molecule has 0 unspecified atom stereocenters. The van der Waals surface area contributed by atoms with Gasteiger partial charge in [0.25, 0.3) is 0 Å². The number of carbonyl (C=O) groups is 5. The Bertz CT molecular complexity index is 1220. The molecule has 1 heterocycles. The maximum atomic E-state index is 12.3. The van der Waals surface area contributed by atoms with E-state index in [4.69, 9.17) is 39.6 Å². The molecule has 0 bridgehead atoms. The van der Waals surface area contributed by atoms with Gasteiger partial charge in [-0.25, -0.2) is 27.6 Å². The number of aliphatic carboxylic acids is 4. The molecule has 0 atom stereocenters. The zero-order valence-corrected chi connectivity index (χ0v) is 23.0. The average Bonchev–Trinajstić information content (AvgIpc) is 2.85. The SMILES string of the molecule is Cc1cccc(CCN(C)CCCCC(=O)c2ccc(NS(C)(=O)=O)cc2)n1.O=C(O)C(=O)O.O=C(O)C(=O)O. The number of hydrogen-bond donors (Lipinski definition) is 5. The summed E-state index contributed by atoms with van der Waals surface area (Å²) in [5.41, 5.74) is 3.22. The number of anilines is 1. The molecule has 0 saturated carbocycles. The van der Waals surface area contributed by atoms with Gasteiger partial charge in [-0.15, -0.1) is 0 Å². The van der Waals surface area contributed by atoms with Crippen LogP contribution in [0.2, 0.25) is 0 Å². The number of ketones is 1. The van der Waals surface area contributed by atoms with Crippen LogP contribution >= 0.6 is 0 Å². The summed E-state index contributed by atoms with van der Waals surface area (Å²) in [5.74, 6) is -7.22. The van der Waals surface area contributed by atoms with Crippen LogP contribution in [0.15, 0.2) is 42.5 Å². The Labute approximate surface area is 231 Å². The molecule has 0 saturated heterocycles. The quantitative estimate of drug-likeness (QED) is 0.144. The van der Waals surface area contributed by atoms with Gasteiger partial charge in [0.15, 0.2) is 5.78 Å². The van der Waals surface area contributed by atoms with Crippen molar-refractivity contribution in [3.8, 4) is 0 Å². The van der Waals surface area contributed by atoms with Crippen LogP contribution in [-0.2, 0) is 35.6 Å². The summed E-state index contributed by atoms with van der Waals surface area (Å²) in [5, 5.41) is 29.6. The monoisotopic (exact) mass is 583 g/mol. The number of benzene rings is 1. The summed E-state index contributed by atoms with van der Waals surface area (Å²) in [7, 11) is -1.22. The molecule has 2 aromatic rings. The molecule has 0 aliphatic rings. The van der Waals surface area contributed by atoms with Crippen molar-refractivity contribution < 1.29 is 52.8 Å². The van der Waals surface area contributed by atoms with Gasteiger partial charge in [0.1, 0.15) is 0 Å². The van der Waals surface area contributed by atoms with Gasteiger partial charge in [0.05, 0.1) is 6.26 Å². The second-order valence-electron chi connectivity index (χ2n) is 8.38. The molecule has 15 heteroatoms. The maximum absolute atomic E-state index is 12.3. The van der Waals surface area contributed by atoms with Gasteiger partial charge in [-0.2, -0.15) is 0 Å². The fourth-order valence-electron chi connectivity index (χ4n) is 2.91. The minimum absolute atomic E-state index is 0.0810. The van der Waals surface area contributed by atoms with Crippen molar-refractivity contribution in [2.24, 2.45) is 0 Å². The van der Waals surface area contributed by atoms with Crippen LogP contribution < -0.4 is 4.72 Å². The lowest BCUT2D eigenvalue weighted by Gasteiger charge is -2.16. The van der Waals surface area contributed by atoms with Gasteiger partial charge in [0.2, 0.25) is 10.0 Å². The summed E-state index contributed by atoms with van der Waals surface area (Å²) in [4.78, 5) is 55.4. The molecule has 14 nitrogen and oxygen atoms in total. The second kappa shape index (κ2) is 18.0. The zero-order valence-electron chi connectivity index (χ0n) is 22.2. The first kappa shape index (κ1) is 35.6. The number of aryl methyl sites for hydroxylation is 1. The van der Waals surface area contributed by atoms with Gasteiger partial charge in [0, 0.05) is 42.0 Å². The summed E-state index contributed by atoms with van der Waals surface area (Å²) < 4.78 is 24.8. The van der Waals surface area contributed by atoms with E-state index in [0.717, 1.165) is 50.0 Å². The summed E-state index contributed by atoms with van der Waals surface area (Å²) >= 11 is 0. The lowest BCUT2D eigenvalue weighted by Crippen LogP contribution is -2.23. The van der Waals surface area contributed by atoms with Crippen LogP contribution in [0.1, 0.15) is 41.0 Å². The highest BCUT2D eigenvalue weighted by Gasteiger charge is 2.08. The molecule has 5 N–H and O–H groups in total. The van der Waals surface area contributed by atoms with E-state index in [2.05, 4.69) is 27.7 Å². The van der Waals surface area contributed by atoms with Gasteiger partial charge in [-0.3, -0.25) is 14.5 Å². The van der Waals surface area contributed by atoms with Gasteiger partial charge in [-0.1, -0.05) is 6.07 Å². The molecule has 0 aliphatic carbocycles. The molecule has 0 amide bonds. The van der Waals surface area contributed by atoms with Crippen LogP contribution in [0.3, 0.4) is 0 Å². The van der Waals surface area contributed by atoms with Crippen LogP contribution in [0, 0.1) is 6.92 Å². The van der Waals surface area contributed by atoms with Crippen LogP contribution in [0.4, 0.5) is 5.69 Å². The molecular weight excluding hydrogens is 550 g/mol. The first-order valence-corrected chi connectivity index (χ1v) is 13.6. The fraction of sp³-hybridized carbons (Fsp3) is 0.360. The number of carboxylic acid groups (broad SMARTS) is 4. The van der Waals surface area contributed by atoms with Gasteiger partial charge >= 0.3 is 23.9 Å². The summed E-state index contributed by atoms with van der Waals surface area (Å²) in [6.07, 6.45) is 4.30. The summed E-state index contributed by atoms with van der Waals surface area (Å²) in [6, 6.07) is 12.6. The number of nitrogens with zero attached hydrogens (tertiary/aromatic N) is 2. The van der Waals surface area contributed by atoms with Crippen molar-refractivity contribution in [2.45, 2.75) is 32.6 Å². The first-order valence-electron chi connectivity index (χ1n) is 11.7. The molecule has 0 aliphatic heterocycles. The lowest BCUT2D eigenvalue weighted by atomic mass is 10.1. The number of carbonyl (C=O) groups excluding carboxylic acids is 1. The van der Waals surface area contributed by atoms with E-state index in [0.29, 0.717) is 17.7 Å². The number of pyridine rings is 1. The van der Waals surface area contributed by atoms with Crippen molar-refractivity contribution in [1.82, 2.24) is 9.88 Å². The number of likely N-dealkylation sites (N-methyl/N-ethyl adjacent to an activating group) is 1. The van der Waals surface area contributed by atoms with Crippen molar-refractivity contribution >= 4 is 45.4 Å². The normalized spacial score (nSPS) is 10.3. The van der Waals surface area contributed by atoms with Gasteiger partial charge < -0.3 is 25.3 Å². The van der Waals surface area contributed by atoms with Crippen molar-refractivity contribution in [1.29, 1.82) is 0 Å². The highest BCUT2D eigenvalue weighted by atomic mass is 32.2. The fourth-order valence-corrected chi connectivity index (χ4v) is 3.47. The lowest BCUT2D eigenvalue weighted by molar-refractivity contribution is -0.159. The van der Waals surface area contributed by atoms with E-state index in [1.54, 1.807) is 24.3 Å². The predicted octanol–water partition coefficient (Wildman–Crippen LogP) is 1.60. The molecule has 2 rings (SSSR count). The molecule has 1 aromatic heterocycles. The zero-order chi connectivity index (χ0) is 30.9. The van der Waals surface area contributed by atoms with E-state index in [1.165, 1.54) is 0 Å². The number of sulfonamides is 1. The van der Waals surface area contributed by atoms with Gasteiger partial charge in [-0.05, 0) is 69.8 Å². The van der Waals surface area contributed by atoms with Crippen LogP contribution in [-0.4, -0.2) is 94.8 Å². The standard InChI is InChI=1S/C21H29N3O3S.2C2H2O4/c1-17-7-6-8-19(22-17)14-16-24(2)15-5-4-9-21(25)18-10-12-20(13-11-18)23-28(3,26)27;2*3-1(4)2(5)6/h6-8,10-13,23H,4-5,9,14-16H2,1-3H3;2*(H,3,4)(H,5,6). The second-order valence-corrected chi connectivity index (χ2v) is 10.1. The third-order valence-corrected chi connectivity index (χ3v) is 5.37. The molecule has 220 valence electrons. The number of carboxylic acids is 4. The topological polar surface area (TPSA) is 229 Å². The number of nitrogens with one attached hydrogen (secondary N) is 1. The Balaban J connectivity index is 0.00000106. The minimum Gasteiger partial charge on any atom is -0.473 e. The molecule has 0 spiro atoms. The number of hydrogen-bond acceptors (Lipinski definition) is 9. The van der Waals surface area contributed by atoms with Crippen LogP contribution in [0.25, 0.3) is 0 Å². The molecular formula is C25H33N3O11S. The highest BCUT2D eigenvalue weighted by Crippen LogP contribution is 2.13. The summed E-state index contributed by atoms with van der Waals surface area (Å²) in [6.45, 7) is 3.88. The molecule has 40 heavy (non-hydrogen) atoms. The Morgan fingerprint density at radius 2 is 1.35 bits per heavy atom. The maximum Gasteiger partial charge on any atom is 0.414 e. The van der Waals surface area contributed by atoms with Crippen molar-refractivity contribution in [3.63, 3.8) is 0 Å². The smallest absolute Gasteiger partial charge is 0.414 e. The minimum atomic E-state index is -3.30. The molecule has 0 fully saturated rings. The van der Waals surface area contributed by atoms with E-state index in [-0.39, 0.29) is 5.78 Å². The third kappa shape index (κ3) is 18.0. The first-order chi connectivity index (χ1) is 18.5. The molecule has 0 radical (unpaired) electrons. The Morgan fingerprint density at radius 1 is 0.825 bits per heavy atom. The number of unbranched alkanes of at least 4 members (excludes halogenated alkanes) is 1. The predicted molar refractivity (Wildman–Crippen MR) is 144 cm³/mol. The molecule has 1 aromatic carbocycles. The third-order valence-electron chi connectivity index (χ3n) is 4.77. The van der Waals surface area contributed by atoms with E-state index < -0.39 is 33.9 Å². The van der Waals surface area contributed by atoms with E-state index in [1.807, 2.05) is 19.1 Å². The number of aromatic nitrogens is 1. The Hall–Kier alpha value is -4.37. The van der Waals surface area contributed by atoms with Crippen LogP contribution in [0.5, 0.6) is 0 Å². The van der Waals surface area contributed by atoms with E-state index >= 15 is 0 Å². The largest absolute Gasteiger partial charge is 0.473 e. The average molecular weight is 584 g/mol. The Morgan fingerprint density at radius 3 is 1.80 bits per heavy atom. The number of Topliss-reactive ketones (excluding diaryl/α,β-unsaturated/α-hetero) is 1. The Kier molecular flexibility index (Phi) is 16.0.